The second-order valence-electron chi connectivity index (χ2n) is 7.95. The number of amides is 2. The Hall–Kier alpha value is -2.81. The number of aromatic nitrogens is 2. The van der Waals surface area contributed by atoms with Gasteiger partial charge in [-0.25, -0.2) is 13.8 Å². The van der Waals surface area contributed by atoms with E-state index in [-0.39, 0.29) is 29.6 Å². The average molecular weight is 406 g/mol. The summed E-state index contributed by atoms with van der Waals surface area (Å²) in [5, 5.41) is 5.25. The lowest BCUT2D eigenvalue weighted by Gasteiger charge is -2.29. The van der Waals surface area contributed by atoms with Crippen LogP contribution < -0.4 is 10.6 Å². The molecule has 0 fully saturated rings. The molecule has 0 unspecified atom stereocenters. The summed E-state index contributed by atoms with van der Waals surface area (Å²) >= 11 is 0. The zero-order chi connectivity index (χ0) is 21.3. The number of nitrogens with zero attached hydrogens (tertiary/aromatic N) is 2. The van der Waals surface area contributed by atoms with Crippen molar-refractivity contribution in [1.82, 2.24) is 20.2 Å². The normalized spacial score (nSPS) is 14.8. The molecule has 0 saturated carbocycles. The summed E-state index contributed by atoms with van der Waals surface area (Å²) < 4.78 is 35.2. The molecule has 9 heteroatoms. The minimum absolute atomic E-state index is 0.0292. The average Bonchev–Trinajstić information content (AvgIpc) is 3.06. The minimum atomic E-state index is -0.809. The van der Waals surface area contributed by atoms with Gasteiger partial charge in [0.25, 0.3) is 5.91 Å². The molecule has 1 aliphatic rings. The lowest BCUT2D eigenvalue weighted by Crippen LogP contribution is -2.53. The van der Waals surface area contributed by atoms with Gasteiger partial charge in [0.15, 0.2) is 5.69 Å². The third-order valence-electron chi connectivity index (χ3n) is 4.80. The Kier molecular flexibility index (Phi) is 5.70. The first-order valence-corrected chi connectivity index (χ1v) is 9.28. The molecule has 1 aromatic carbocycles. The van der Waals surface area contributed by atoms with Crippen molar-refractivity contribution < 1.29 is 23.1 Å². The van der Waals surface area contributed by atoms with Gasteiger partial charge in [-0.1, -0.05) is 20.8 Å². The maximum atomic E-state index is 14.3. The first kappa shape index (κ1) is 20.9. The Morgan fingerprint density at radius 2 is 2.00 bits per heavy atom. The Morgan fingerprint density at radius 1 is 1.28 bits per heavy atom. The van der Waals surface area contributed by atoms with E-state index in [2.05, 4.69) is 15.6 Å². The van der Waals surface area contributed by atoms with Gasteiger partial charge in [-0.3, -0.25) is 9.59 Å². The highest BCUT2D eigenvalue weighted by atomic mass is 19.1. The van der Waals surface area contributed by atoms with E-state index in [0.29, 0.717) is 18.8 Å². The second-order valence-corrected chi connectivity index (χ2v) is 7.95. The number of ether oxygens (including phenoxy) is 1. The van der Waals surface area contributed by atoms with E-state index in [1.807, 2.05) is 20.8 Å². The molecule has 2 aromatic rings. The van der Waals surface area contributed by atoms with Gasteiger partial charge < -0.3 is 19.9 Å². The summed E-state index contributed by atoms with van der Waals surface area (Å²) in [6, 6.07) is 2.28. The van der Waals surface area contributed by atoms with Gasteiger partial charge >= 0.3 is 0 Å². The zero-order valence-electron chi connectivity index (χ0n) is 16.8. The van der Waals surface area contributed by atoms with Crippen molar-refractivity contribution in [2.75, 3.05) is 13.7 Å². The van der Waals surface area contributed by atoms with E-state index in [1.54, 1.807) is 4.57 Å². The van der Waals surface area contributed by atoms with Crippen molar-refractivity contribution in [2.45, 2.75) is 40.0 Å². The fraction of sp³-hybridized carbons (Fsp3) is 0.450. The fourth-order valence-electron chi connectivity index (χ4n) is 3.27. The summed E-state index contributed by atoms with van der Waals surface area (Å²) in [6.45, 7) is 6.29. The standard InChI is InChI=1S/C20H24F2N4O3/c1-20(2,3)16(19(28)23-4)25-18(27)15-14-10-29-8-7-26(14)17(24-15)12-9-11(21)5-6-13(12)22/h5-6,9,16H,7-8,10H2,1-4H3,(H,23,28)(H,25,27)/t16-/m1/s1. The van der Waals surface area contributed by atoms with Crippen molar-refractivity contribution in [2.24, 2.45) is 5.41 Å². The van der Waals surface area contributed by atoms with Gasteiger partial charge in [0.1, 0.15) is 23.5 Å². The quantitative estimate of drug-likeness (QED) is 0.816. The summed E-state index contributed by atoms with van der Waals surface area (Å²) in [7, 11) is 1.49. The van der Waals surface area contributed by atoms with Gasteiger partial charge in [-0.15, -0.1) is 0 Å². The number of nitrogens with one attached hydrogen (secondary N) is 2. The maximum absolute atomic E-state index is 14.3. The van der Waals surface area contributed by atoms with Gasteiger partial charge in [0.2, 0.25) is 5.91 Å². The number of likely N-dealkylation sites (N-methyl/N-ethyl adjacent to an activating group) is 1. The Balaban J connectivity index is 2.04. The molecule has 2 heterocycles. The molecule has 0 aliphatic carbocycles. The van der Waals surface area contributed by atoms with Crippen molar-refractivity contribution in [3.63, 3.8) is 0 Å². The van der Waals surface area contributed by atoms with Gasteiger partial charge in [-0.2, -0.15) is 0 Å². The lowest BCUT2D eigenvalue weighted by atomic mass is 9.86. The van der Waals surface area contributed by atoms with Crippen molar-refractivity contribution in [3.8, 4) is 11.4 Å². The molecule has 2 amide bonds. The summed E-state index contributed by atoms with van der Waals surface area (Å²) in [6.07, 6.45) is 0. The number of carbonyl (C=O) groups excluding carboxylic acids is 2. The molecule has 29 heavy (non-hydrogen) atoms. The lowest BCUT2D eigenvalue weighted by molar-refractivity contribution is -0.124. The van der Waals surface area contributed by atoms with Crippen LogP contribution in [-0.4, -0.2) is 41.1 Å². The molecule has 0 radical (unpaired) electrons. The van der Waals surface area contributed by atoms with Crippen LogP contribution in [0.3, 0.4) is 0 Å². The third kappa shape index (κ3) is 4.14. The van der Waals surface area contributed by atoms with E-state index in [9.17, 15) is 18.4 Å². The van der Waals surface area contributed by atoms with Crippen LogP contribution in [0.15, 0.2) is 18.2 Å². The molecule has 0 saturated heterocycles. The zero-order valence-corrected chi connectivity index (χ0v) is 16.8. The molecule has 2 N–H and O–H groups in total. The van der Waals surface area contributed by atoms with E-state index in [0.717, 1.165) is 18.2 Å². The van der Waals surface area contributed by atoms with Crippen molar-refractivity contribution in [1.29, 1.82) is 0 Å². The Bertz CT molecular complexity index is 950. The van der Waals surface area contributed by atoms with Crippen LogP contribution in [0, 0.1) is 17.0 Å². The second kappa shape index (κ2) is 7.90. The minimum Gasteiger partial charge on any atom is -0.373 e. The summed E-state index contributed by atoms with van der Waals surface area (Å²) in [4.78, 5) is 29.6. The van der Waals surface area contributed by atoms with Crippen molar-refractivity contribution >= 4 is 11.8 Å². The number of rotatable bonds is 4. The smallest absolute Gasteiger partial charge is 0.272 e. The Labute approximate surface area is 167 Å². The summed E-state index contributed by atoms with van der Waals surface area (Å²) in [5.74, 6) is -2.02. The fourth-order valence-corrected chi connectivity index (χ4v) is 3.27. The first-order valence-electron chi connectivity index (χ1n) is 9.28. The number of hydrogen-bond donors (Lipinski definition) is 2. The van der Waals surface area contributed by atoms with Crippen molar-refractivity contribution in [3.05, 3.63) is 41.2 Å². The van der Waals surface area contributed by atoms with E-state index < -0.39 is 29.0 Å². The molecule has 0 spiro atoms. The SMILES string of the molecule is CNC(=O)[C@@H](NC(=O)c1nc(-c2cc(F)ccc2F)n2c1COCC2)C(C)(C)C. The number of carbonyl (C=O) groups is 2. The highest BCUT2D eigenvalue weighted by molar-refractivity contribution is 5.97. The molecule has 1 aliphatic heterocycles. The molecule has 0 bridgehead atoms. The number of halogens is 2. The number of benzene rings is 1. The van der Waals surface area contributed by atoms with Crippen LogP contribution >= 0.6 is 0 Å². The predicted octanol–water partition coefficient (Wildman–Crippen LogP) is 2.25. The van der Waals surface area contributed by atoms with E-state index in [4.69, 9.17) is 4.74 Å². The van der Waals surface area contributed by atoms with Gasteiger partial charge in [-0.05, 0) is 23.6 Å². The molecule has 7 nitrogen and oxygen atoms in total. The first-order chi connectivity index (χ1) is 13.6. The largest absolute Gasteiger partial charge is 0.373 e. The number of imidazole rings is 1. The van der Waals surface area contributed by atoms with Crippen LogP contribution in [0.2, 0.25) is 0 Å². The monoisotopic (exact) mass is 406 g/mol. The van der Waals surface area contributed by atoms with Crippen LogP contribution in [0.4, 0.5) is 8.78 Å². The molecule has 3 rings (SSSR count). The molecule has 1 aromatic heterocycles. The topological polar surface area (TPSA) is 85.3 Å². The molecular formula is C20H24F2N4O3. The van der Waals surface area contributed by atoms with Gasteiger partial charge in [0, 0.05) is 13.6 Å². The molecule has 1 atom stereocenters. The highest BCUT2D eigenvalue weighted by Gasteiger charge is 2.35. The van der Waals surface area contributed by atoms with Crippen LogP contribution in [0.1, 0.15) is 37.0 Å². The number of hydrogen-bond acceptors (Lipinski definition) is 4. The summed E-state index contributed by atoms with van der Waals surface area (Å²) in [5.41, 5.74) is -0.104. The van der Waals surface area contributed by atoms with Crippen LogP contribution in [0.25, 0.3) is 11.4 Å². The number of fused-ring (bicyclic) bond motifs is 1. The molecule has 156 valence electrons. The van der Waals surface area contributed by atoms with E-state index >= 15 is 0 Å². The van der Waals surface area contributed by atoms with Crippen LogP contribution in [0.5, 0.6) is 0 Å². The predicted molar refractivity (Wildman–Crippen MR) is 102 cm³/mol. The molecular weight excluding hydrogens is 382 g/mol. The van der Waals surface area contributed by atoms with Crippen LogP contribution in [-0.2, 0) is 22.7 Å². The van der Waals surface area contributed by atoms with E-state index in [1.165, 1.54) is 7.05 Å². The van der Waals surface area contributed by atoms with Gasteiger partial charge in [0.05, 0.1) is 24.5 Å². The highest BCUT2D eigenvalue weighted by Crippen LogP contribution is 2.29. The third-order valence-corrected chi connectivity index (χ3v) is 4.80. The maximum Gasteiger partial charge on any atom is 0.272 e. The Morgan fingerprint density at radius 3 is 2.66 bits per heavy atom.